The van der Waals surface area contributed by atoms with Gasteiger partial charge in [0.05, 0.1) is 23.7 Å². The Morgan fingerprint density at radius 2 is 2.12 bits per heavy atom. The highest BCUT2D eigenvalue weighted by atomic mass is 16.1. The van der Waals surface area contributed by atoms with Gasteiger partial charge in [-0.3, -0.25) is 9.78 Å². The Kier molecular flexibility index (Phi) is 5.77. The number of anilines is 1. The molecule has 9 nitrogen and oxygen atoms in total. The number of rotatable bonds is 5. The van der Waals surface area contributed by atoms with Gasteiger partial charge in [-0.1, -0.05) is 6.07 Å². The van der Waals surface area contributed by atoms with E-state index < -0.39 is 0 Å². The van der Waals surface area contributed by atoms with Crippen LogP contribution in [-0.2, 0) is 19.5 Å². The summed E-state index contributed by atoms with van der Waals surface area (Å²) in [6.45, 7) is 4.50. The van der Waals surface area contributed by atoms with Gasteiger partial charge in [0.1, 0.15) is 0 Å². The molecule has 0 bridgehead atoms. The van der Waals surface area contributed by atoms with Crippen LogP contribution in [0.15, 0.2) is 55.2 Å². The fourth-order valence-electron chi connectivity index (χ4n) is 4.25. The average molecular weight is 455 g/mol. The van der Waals surface area contributed by atoms with E-state index in [0.29, 0.717) is 23.6 Å². The van der Waals surface area contributed by atoms with E-state index >= 15 is 0 Å². The van der Waals surface area contributed by atoms with Gasteiger partial charge >= 0.3 is 0 Å². The number of nitrogens with two attached hydrogens (primary N) is 1. The number of hydrogen-bond donors (Lipinski definition) is 2. The summed E-state index contributed by atoms with van der Waals surface area (Å²) in [7, 11) is 2.13. The number of benzene rings is 1. The molecule has 9 heteroatoms. The second-order valence-electron chi connectivity index (χ2n) is 8.60. The maximum absolute atomic E-state index is 12.6. The Bertz CT molecular complexity index is 1350. The number of nitrogens with zero attached hydrogens (tertiary/aromatic N) is 6. The van der Waals surface area contributed by atoms with Crippen LogP contribution < -0.4 is 11.1 Å². The molecule has 4 heterocycles. The molecule has 0 aliphatic carbocycles. The number of carbonyl (C=O) groups excluding carboxylic acids is 1. The van der Waals surface area contributed by atoms with Crippen molar-refractivity contribution >= 4 is 11.7 Å². The lowest BCUT2D eigenvalue weighted by Crippen LogP contribution is -2.27. The summed E-state index contributed by atoms with van der Waals surface area (Å²) in [4.78, 5) is 28.1. The number of nitrogens with one attached hydrogen (secondary N) is 1. The number of aryl methyl sites for hydroxylation is 1. The van der Waals surface area contributed by atoms with Gasteiger partial charge in [-0.05, 0) is 60.8 Å². The molecule has 3 aromatic heterocycles. The smallest absolute Gasteiger partial charge is 0.254 e. The number of carbonyl (C=O) groups is 1. The monoisotopic (exact) mass is 454 g/mol. The van der Waals surface area contributed by atoms with Crippen LogP contribution in [0.3, 0.4) is 0 Å². The van der Waals surface area contributed by atoms with Crippen molar-refractivity contribution in [2.24, 2.45) is 0 Å². The van der Waals surface area contributed by atoms with Crippen molar-refractivity contribution in [2.45, 2.75) is 26.4 Å². The highest BCUT2D eigenvalue weighted by Crippen LogP contribution is 2.29. The van der Waals surface area contributed by atoms with Crippen molar-refractivity contribution in [3.8, 4) is 17.1 Å². The fourth-order valence-corrected chi connectivity index (χ4v) is 4.25. The highest BCUT2D eigenvalue weighted by molar-refractivity contribution is 5.93. The minimum atomic E-state index is -0.243. The van der Waals surface area contributed by atoms with Crippen LogP contribution in [0.25, 0.3) is 17.1 Å². The Hall–Kier alpha value is -4.11. The van der Waals surface area contributed by atoms with E-state index in [2.05, 4.69) is 51.4 Å². The number of aromatic nitrogens is 5. The van der Waals surface area contributed by atoms with Crippen LogP contribution in [-0.4, -0.2) is 49.1 Å². The molecule has 34 heavy (non-hydrogen) atoms. The number of hydrogen-bond acceptors (Lipinski definition) is 7. The first-order chi connectivity index (χ1) is 16.5. The zero-order valence-corrected chi connectivity index (χ0v) is 19.2. The Balaban J connectivity index is 1.40. The standard InChI is InChI=1S/C25H26N8O/c1-16-8-18(9-19-14-32(2)7-5-21(16)19)22-13-28-23(26)24(31-22)33-15-20(12-30-33)25(34)29-11-17-4-3-6-27-10-17/h3-4,6,8-10,12-13,15H,5,7,11,14H2,1-2H3,(H2,26,28)(H,29,34). The summed E-state index contributed by atoms with van der Waals surface area (Å²) in [5, 5.41) is 7.18. The molecule has 172 valence electrons. The molecular weight excluding hydrogens is 428 g/mol. The predicted octanol–water partition coefficient (Wildman–Crippen LogP) is 2.53. The maximum atomic E-state index is 12.6. The number of fused-ring (bicyclic) bond motifs is 1. The van der Waals surface area contributed by atoms with Crippen molar-refractivity contribution in [3.05, 3.63) is 83.1 Å². The lowest BCUT2D eigenvalue weighted by atomic mass is 9.92. The largest absolute Gasteiger partial charge is 0.381 e. The minimum Gasteiger partial charge on any atom is -0.381 e. The van der Waals surface area contributed by atoms with Gasteiger partial charge in [0, 0.05) is 43.8 Å². The van der Waals surface area contributed by atoms with Gasteiger partial charge < -0.3 is 16.0 Å². The van der Waals surface area contributed by atoms with Gasteiger partial charge in [-0.15, -0.1) is 0 Å². The van der Waals surface area contributed by atoms with Crippen molar-refractivity contribution in [1.29, 1.82) is 0 Å². The molecule has 1 aliphatic heterocycles. The molecule has 4 aromatic rings. The van der Waals surface area contributed by atoms with Crippen molar-refractivity contribution in [2.75, 3.05) is 19.3 Å². The predicted molar refractivity (Wildman–Crippen MR) is 129 cm³/mol. The molecule has 1 aromatic carbocycles. The first-order valence-electron chi connectivity index (χ1n) is 11.1. The normalized spacial score (nSPS) is 13.5. The summed E-state index contributed by atoms with van der Waals surface area (Å²) < 4.78 is 1.49. The lowest BCUT2D eigenvalue weighted by molar-refractivity contribution is 0.0951. The Morgan fingerprint density at radius 1 is 1.24 bits per heavy atom. The van der Waals surface area contributed by atoms with Crippen LogP contribution in [0.2, 0.25) is 0 Å². The summed E-state index contributed by atoms with van der Waals surface area (Å²) in [5.41, 5.74) is 13.1. The van der Waals surface area contributed by atoms with Crippen LogP contribution in [0.4, 0.5) is 5.82 Å². The van der Waals surface area contributed by atoms with E-state index in [4.69, 9.17) is 10.7 Å². The summed E-state index contributed by atoms with van der Waals surface area (Å²) in [6, 6.07) is 8.06. The van der Waals surface area contributed by atoms with Gasteiger partial charge in [0.25, 0.3) is 5.91 Å². The summed E-state index contributed by atoms with van der Waals surface area (Å²) >= 11 is 0. The maximum Gasteiger partial charge on any atom is 0.254 e. The number of nitrogen functional groups attached to an aromatic ring is 1. The average Bonchev–Trinajstić information content (AvgIpc) is 3.33. The van der Waals surface area contributed by atoms with E-state index in [1.165, 1.54) is 27.6 Å². The molecule has 1 aliphatic rings. The lowest BCUT2D eigenvalue weighted by Gasteiger charge is -2.27. The second kappa shape index (κ2) is 9.03. The zero-order valence-electron chi connectivity index (χ0n) is 19.2. The Labute approximate surface area is 197 Å². The van der Waals surface area contributed by atoms with Gasteiger partial charge in [0.15, 0.2) is 11.6 Å². The third kappa shape index (κ3) is 4.38. The Morgan fingerprint density at radius 3 is 2.94 bits per heavy atom. The molecule has 0 radical (unpaired) electrons. The molecule has 0 atom stereocenters. The van der Waals surface area contributed by atoms with Crippen LogP contribution in [0, 0.1) is 6.92 Å². The molecule has 0 saturated heterocycles. The van der Waals surface area contributed by atoms with E-state index in [1.807, 2.05) is 12.1 Å². The van der Waals surface area contributed by atoms with E-state index in [0.717, 1.165) is 30.6 Å². The SMILES string of the molecule is Cc1cc(-c2cnc(N)c(-n3cc(C(=O)NCc4cccnc4)cn3)n2)cc2c1CCN(C)C2. The van der Waals surface area contributed by atoms with Gasteiger partial charge in [-0.25, -0.2) is 14.6 Å². The van der Waals surface area contributed by atoms with Crippen molar-refractivity contribution < 1.29 is 4.79 Å². The molecule has 1 amide bonds. The van der Waals surface area contributed by atoms with Crippen molar-refractivity contribution in [3.63, 3.8) is 0 Å². The molecule has 0 saturated carbocycles. The van der Waals surface area contributed by atoms with E-state index in [9.17, 15) is 4.79 Å². The minimum absolute atomic E-state index is 0.239. The number of likely N-dealkylation sites (N-methyl/N-ethyl adjacent to an activating group) is 1. The van der Waals surface area contributed by atoms with Gasteiger partial charge in [0.2, 0.25) is 0 Å². The van der Waals surface area contributed by atoms with Crippen LogP contribution in [0.5, 0.6) is 0 Å². The van der Waals surface area contributed by atoms with Crippen LogP contribution in [0.1, 0.15) is 32.6 Å². The summed E-state index contributed by atoms with van der Waals surface area (Å²) in [5.74, 6) is 0.382. The molecule has 0 spiro atoms. The van der Waals surface area contributed by atoms with Gasteiger partial charge in [-0.2, -0.15) is 5.10 Å². The first-order valence-corrected chi connectivity index (χ1v) is 11.1. The molecule has 0 unspecified atom stereocenters. The topological polar surface area (TPSA) is 115 Å². The van der Waals surface area contributed by atoms with E-state index in [-0.39, 0.29) is 11.7 Å². The fraction of sp³-hybridized carbons (Fsp3) is 0.240. The first kappa shape index (κ1) is 21.7. The zero-order chi connectivity index (χ0) is 23.7. The molecule has 0 fully saturated rings. The third-order valence-electron chi connectivity index (χ3n) is 6.06. The second-order valence-corrected chi connectivity index (χ2v) is 8.60. The third-order valence-corrected chi connectivity index (χ3v) is 6.06. The highest BCUT2D eigenvalue weighted by Gasteiger charge is 2.18. The molecular formula is C25H26N8O. The molecule has 3 N–H and O–H groups in total. The van der Waals surface area contributed by atoms with Crippen LogP contribution >= 0.6 is 0 Å². The summed E-state index contributed by atoms with van der Waals surface area (Å²) in [6.07, 6.45) is 9.24. The van der Waals surface area contributed by atoms with Crippen molar-refractivity contribution in [1.82, 2.24) is 34.9 Å². The van der Waals surface area contributed by atoms with E-state index in [1.54, 1.807) is 24.8 Å². The molecule has 5 rings (SSSR count). The number of pyridine rings is 1. The number of amides is 1. The quantitative estimate of drug-likeness (QED) is 0.476.